The molecule has 0 aliphatic carbocycles. The molecule has 1 aromatic carbocycles. The Bertz CT molecular complexity index is 633. The molecule has 0 unspecified atom stereocenters. The third kappa shape index (κ3) is 3.41. The molecule has 0 radical (unpaired) electrons. The first-order chi connectivity index (χ1) is 9.07. The first kappa shape index (κ1) is 16.7. The van der Waals surface area contributed by atoms with E-state index in [-0.39, 0.29) is 17.5 Å². The van der Waals surface area contributed by atoms with Crippen LogP contribution in [-0.2, 0) is 14.8 Å². The predicted molar refractivity (Wildman–Crippen MR) is 60.6 cm³/mol. The number of carboxylic acid groups (broad SMARTS) is 1. The summed E-state index contributed by atoms with van der Waals surface area (Å²) in [5.74, 6) is -9.82. The third-order valence-corrected chi connectivity index (χ3v) is 4.01. The average Bonchev–Trinajstić information content (AvgIpc) is 2.29. The van der Waals surface area contributed by atoms with Crippen molar-refractivity contribution in [2.45, 2.75) is 16.2 Å². The zero-order chi connectivity index (χ0) is 15.7. The van der Waals surface area contributed by atoms with Crippen molar-refractivity contribution in [3.05, 3.63) is 23.3 Å². The Kier molecular flexibility index (Phi) is 5.00. The van der Waals surface area contributed by atoms with Gasteiger partial charge in [0.25, 0.3) is 0 Å². The van der Waals surface area contributed by atoms with Crippen LogP contribution < -0.4 is 5.14 Å². The highest BCUT2D eigenvalue weighted by atomic mass is 32.2. The van der Waals surface area contributed by atoms with Gasteiger partial charge < -0.3 is 5.11 Å². The highest BCUT2D eigenvalue weighted by Gasteiger charge is 2.31. The fraction of sp³-hybridized carbons (Fsp3) is 0.222. The average molecular weight is 333 g/mol. The van der Waals surface area contributed by atoms with Crippen LogP contribution in [0, 0.1) is 23.3 Å². The number of halogens is 4. The highest BCUT2D eigenvalue weighted by molar-refractivity contribution is 7.99. The summed E-state index contributed by atoms with van der Waals surface area (Å²) < 4.78 is 75.6. The van der Waals surface area contributed by atoms with Gasteiger partial charge in [-0.3, -0.25) is 4.79 Å². The second kappa shape index (κ2) is 5.97. The molecular weight excluding hydrogens is 326 g/mol. The first-order valence-electron chi connectivity index (χ1n) is 4.80. The highest BCUT2D eigenvalue weighted by Crippen LogP contribution is 2.33. The van der Waals surface area contributed by atoms with Crippen molar-refractivity contribution in [1.29, 1.82) is 0 Å². The Balaban J connectivity index is 3.34. The molecule has 0 heterocycles. The minimum Gasteiger partial charge on any atom is -0.481 e. The summed E-state index contributed by atoms with van der Waals surface area (Å²) in [6.45, 7) is 0. The normalized spacial score (nSPS) is 11.7. The summed E-state index contributed by atoms with van der Waals surface area (Å²) in [5, 5.41) is 12.8. The number of aliphatic carboxylic acids is 1. The molecule has 3 N–H and O–H groups in total. The Morgan fingerprint density at radius 1 is 1.10 bits per heavy atom. The lowest BCUT2D eigenvalue weighted by Crippen LogP contribution is -2.19. The summed E-state index contributed by atoms with van der Waals surface area (Å²) >= 11 is 0.203. The van der Waals surface area contributed by atoms with E-state index in [1.54, 1.807) is 0 Å². The maximum Gasteiger partial charge on any atom is 0.304 e. The fourth-order valence-corrected chi connectivity index (χ4v) is 2.80. The van der Waals surface area contributed by atoms with Crippen LogP contribution in [0.4, 0.5) is 17.6 Å². The maximum atomic E-state index is 13.5. The number of thioether (sulfide) groups is 1. The molecule has 0 aliphatic rings. The fourth-order valence-electron chi connectivity index (χ4n) is 1.21. The van der Waals surface area contributed by atoms with Gasteiger partial charge in [0.15, 0.2) is 28.2 Å². The van der Waals surface area contributed by atoms with E-state index in [9.17, 15) is 30.8 Å². The number of benzene rings is 1. The largest absolute Gasteiger partial charge is 0.481 e. The summed E-state index contributed by atoms with van der Waals surface area (Å²) in [6, 6.07) is 0. The van der Waals surface area contributed by atoms with Crippen molar-refractivity contribution in [1.82, 2.24) is 0 Å². The molecular formula is C9H7F4NO4S2. The van der Waals surface area contributed by atoms with E-state index in [0.29, 0.717) is 0 Å². The SMILES string of the molecule is NS(=O)(=O)c1c(F)c(F)c(SCCC(=O)O)c(F)c1F. The van der Waals surface area contributed by atoms with Crippen molar-refractivity contribution in [3.63, 3.8) is 0 Å². The Morgan fingerprint density at radius 2 is 1.55 bits per heavy atom. The van der Waals surface area contributed by atoms with Gasteiger partial charge in [-0.15, -0.1) is 11.8 Å². The van der Waals surface area contributed by atoms with E-state index in [1.807, 2.05) is 0 Å². The van der Waals surface area contributed by atoms with E-state index < -0.39 is 55.5 Å². The number of hydrogen-bond donors (Lipinski definition) is 2. The van der Waals surface area contributed by atoms with E-state index in [2.05, 4.69) is 5.14 Å². The lowest BCUT2D eigenvalue weighted by molar-refractivity contribution is -0.136. The molecule has 0 amide bonds. The number of hydrogen-bond acceptors (Lipinski definition) is 4. The van der Waals surface area contributed by atoms with E-state index in [1.165, 1.54) is 0 Å². The molecule has 5 nitrogen and oxygen atoms in total. The van der Waals surface area contributed by atoms with Crippen molar-refractivity contribution in [2.24, 2.45) is 5.14 Å². The van der Waals surface area contributed by atoms with Gasteiger partial charge in [0.2, 0.25) is 10.0 Å². The monoisotopic (exact) mass is 333 g/mol. The standard InChI is InChI=1S/C9H7F4NO4S2/c10-4-6(12)9(20(14,17)18)7(13)5(11)8(4)19-2-1-3(15)16/h1-2H2,(H,15,16)(H2,14,17,18). The van der Waals surface area contributed by atoms with Gasteiger partial charge in [-0.25, -0.2) is 31.1 Å². The molecule has 0 spiro atoms. The van der Waals surface area contributed by atoms with E-state index in [4.69, 9.17) is 5.11 Å². The lowest BCUT2D eigenvalue weighted by Gasteiger charge is -2.09. The van der Waals surface area contributed by atoms with Crippen LogP contribution in [0.15, 0.2) is 9.79 Å². The van der Waals surface area contributed by atoms with Gasteiger partial charge in [0.1, 0.15) is 0 Å². The quantitative estimate of drug-likeness (QED) is 0.483. The summed E-state index contributed by atoms with van der Waals surface area (Å²) in [4.78, 5) is 7.18. The zero-order valence-electron chi connectivity index (χ0n) is 9.49. The van der Waals surface area contributed by atoms with Crippen LogP contribution in [0.25, 0.3) is 0 Å². The van der Waals surface area contributed by atoms with Gasteiger partial charge >= 0.3 is 5.97 Å². The van der Waals surface area contributed by atoms with Gasteiger partial charge in [-0.2, -0.15) is 0 Å². The minimum absolute atomic E-state index is 0.203. The van der Waals surface area contributed by atoms with Crippen molar-refractivity contribution in [3.8, 4) is 0 Å². The molecule has 0 aromatic heterocycles. The summed E-state index contributed by atoms with van der Waals surface area (Å²) in [6.07, 6.45) is -0.510. The first-order valence-corrected chi connectivity index (χ1v) is 7.34. The minimum atomic E-state index is -4.99. The molecule has 0 bridgehead atoms. The number of carboxylic acids is 1. The number of primary sulfonamides is 1. The molecule has 20 heavy (non-hydrogen) atoms. The van der Waals surface area contributed by atoms with Gasteiger partial charge in [0, 0.05) is 5.75 Å². The van der Waals surface area contributed by atoms with Crippen LogP contribution in [0.3, 0.4) is 0 Å². The molecule has 0 atom stereocenters. The topological polar surface area (TPSA) is 97.5 Å². The van der Waals surface area contributed by atoms with E-state index in [0.717, 1.165) is 0 Å². The smallest absolute Gasteiger partial charge is 0.304 e. The molecule has 0 fully saturated rings. The maximum absolute atomic E-state index is 13.5. The predicted octanol–water partition coefficient (Wildman–Crippen LogP) is 1.46. The molecule has 1 rings (SSSR count). The molecule has 11 heteroatoms. The zero-order valence-corrected chi connectivity index (χ0v) is 11.1. The van der Waals surface area contributed by atoms with Crippen LogP contribution in [0.2, 0.25) is 0 Å². The molecule has 1 aromatic rings. The molecule has 112 valence electrons. The molecule has 0 saturated heterocycles. The van der Waals surface area contributed by atoms with Crippen LogP contribution in [-0.4, -0.2) is 25.2 Å². The van der Waals surface area contributed by atoms with Crippen molar-refractivity contribution in [2.75, 3.05) is 5.75 Å². The second-order valence-electron chi connectivity index (χ2n) is 3.45. The molecule has 0 saturated carbocycles. The van der Waals surface area contributed by atoms with Crippen LogP contribution in [0.5, 0.6) is 0 Å². The Hall–Kier alpha value is -1.33. The Labute approximate surface area is 114 Å². The van der Waals surface area contributed by atoms with E-state index >= 15 is 0 Å². The third-order valence-electron chi connectivity index (χ3n) is 2.03. The van der Waals surface area contributed by atoms with Gasteiger partial charge in [-0.05, 0) is 0 Å². The van der Waals surface area contributed by atoms with Gasteiger partial charge in [0.05, 0.1) is 11.3 Å². The lowest BCUT2D eigenvalue weighted by atomic mass is 10.3. The van der Waals surface area contributed by atoms with Gasteiger partial charge in [-0.1, -0.05) is 0 Å². The Morgan fingerprint density at radius 3 is 1.90 bits per heavy atom. The van der Waals surface area contributed by atoms with Crippen LogP contribution >= 0.6 is 11.8 Å². The van der Waals surface area contributed by atoms with Crippen LogP contribution in [0.1, 0.15) is 6.42 Å². The number of nitrogens with two attached hydrogens (primary N) is 1. The van der Waals surface area contributed by atoms with Crippen molar-refractivity contribution < 1.29 is 35.9 Å². The number of carbonyl (C=O) groups is 1. The summed E-state index contributed by atoms with van der Waals surface area (Å²) in [5.41, 5.74) is 0. The second-order valence-corrected chi connectivity index (χ2v) is 6.05. The number of rotatable bonds is 5. The molecule has 0 aliphatic heterocycles. The van der Waals surface area contributed by atoms with Crippen molar-refractivity contribution >= 4 is 27.8 Å². The number of sulfonamides is 1. The summed E-state index contributed by atoms with van der Waals surface area (Å²) in [7, 11) is -4.99.